The predicted octanol–water partition coefficient (Wildman–Crippen LogP) is 3.38. The van der Waals surface area contributed by atoms with E-state index in [-0.39, 0.29) is 5.91 Å². The highest BCUT2D eigenvalue weighted by Gasteiger charge is 2.26. The van der Waals surface area contributed by atoms with Crippen molar-refractivity contribution in [3.63, 3.8) is 0 Å². The van der Waals surface area contributed by atoms with Gasteiger partial charge in [0, 0.05) is 5.56 Å². The molecule has 0 aliphatic rings. The molecule has 4 heteroatoms. The zero-order valence-electron chi connectivity index (χ0n) is 11.4. The van der Waals surface area contributed by atoms with Crippen LogP contribution in [0.15, 0.2) is 22.7 Å². The maximum atomic E-state index is 12.2. The first-order valence-corrected chi connectivity index (χ1v) is 6.95. The van der Waals surface area contributed by atoms with E-state index >= 15 is 0 Å². The minimum absolute atomic E-state index is 0.176. The molecular formula is C15H18BrNO2. The summed E-state index contributed by atoms with van der Waals surface area (Å²) in [5.41, 5.74) is -0.0297. The lowest BCUT2D eigenvalue weighted by atomic mass is 9.93. The lowest BCUT2D eigenvalue weighted by Gasteiger charge is -2.27. The van der Waals surface area contributed by atoms with Crippen LogP contribution >= 0.6 is 15.9 Å². The molecule has 0 saturated heterocycles. The van der Waals surface area contributed by atoms with E-state index in [1.807, 2.05) is 13.8 Å². The molecular weight excluding hydrogens is 306 g/mol. The van der Waals surface area contributed by atoms with Crippen molar-refractivity contribution in [2.24, 2.45) is 0 Å². The molecule has 0 aliphatic heterocycles. The quantitative estimate of drug-likeness (QED) is 0.843. The van der Waals surface area contributed by atoms with Gasteiger partial charge < -0.3 is 10.1 Å². The Hall–Kier alpha value is -1.47. The first-order valence-electron chi connectivity index (χ1n) is 6.15. The molecule has 0 aromatic heterocycles. The van der Waals surface area contributed by atoms with Crippen LogP contribution in [-0.2, 0) is 0 Å². The molecule has 1 amide bonds. The van der Waals surface area contributed by atoms with Crippen LogP contribution in [0.25, 0.3) is 0 Å². The van der Waals surface area contributed by atoms with Gasteiger partial charge in [0.2, 0.25) is 0 Å². The molecule has 0 bridgehead atoms. The second kappa shape index (κ2) is 6.63. The Morgan fingerprint density at radius 1 is 1.47 bits per heavy atom. The van der Waals surface area contributed by atoms with Crippen LogP contribution in [-0.4, -0.2) is 18.6 Å². The van der Waals surface area contributed by atoms with E-state index in [1.54, 1.807) is 25.3 Å². The van der Waals surface area contributed by atoms with Crippen LogP contribution in [0, 0.1) is 12.3 Å². The number of amides is 1. The predicted molar refractivity (Wildman–Crippen MR) is 80.3 cm³/mol. The van der Waals surface area contributed by atoms with Gasteiger partial charge in [0.1, 0.15) is 11.3 Å². The monoisotopic (exact) mass is 323 g/mol. The Morgan fingerprint density at radius 2 is 2.11 bits per heavy atom. The second-order valence-electron chi connectivity index (χ2n) is 4.24. The molecule has 0 saturated carbocycles. The topological polar surface area (TPSA) is 38.3 Å². The lowest BCUT2D eigenvalue weighted by Crippen LogP contribution is -2.46. The number of terminal acetylenes is 1. The van der Waals surface area contributed by atoms with Crippen LogP contribution in [0.5, 0.6) is 5.75 Å². The van der Waals surface area contributed by atoms with Crippen molar-refractivity contribution in [2.45, 2.75) is 32.2 Å². The highest BCUT2D eigenvalue weighted by Crippen LogP contribution is 2.26. The zero-order valence-corrected chi connectivity index (χ0v) is 13.0. The van der Waals surface area contributed by atoms with E-state index in [2.05, 4.69) is 27.2 Å². The summed E-state index contributed by atoms with van der Waals surface area (Å²) in [5.74, 6) is 3.19. The van der Waals surface area contributed by atoms with Gasteiger partial charge in [0.25, 0.3) is 5.91 Å². The molecule has 0 fully saturated rings. The fraction of sp³-hybridized carbons (Fsp3) is 0.400. The number of benzene rings is 1. The fourth-order valence-electron chi connectivity index (χ4n) is 1.76. The van der Waals surface area contributed by atoms with Gasteiger partial charge in [-0.3, -0.25) is 4.79 Å². The largest absolute Gasteiger partial charge is 0.496 e. The van der Waals surface area contributed by atoms with Crippen LogP contribution in [0.3, 0.4) is 0 Å². The van der Waals surface area contributed by atoms with Gasteiger partial charge in [-0.05, 0) is 47.0 Å². The van der Waals surface area contributed by atoms with E-state index in [9.17, 15) is 4.79 Å². The Bertz CT molecular complexity index is 501. The van der Waals surface area contributed by atoms with Crippen molar-refractivity contribution in [2.75, 3.05) is 7.11 Å². The smallest absolute Gasteiger partial charge is 0.252 e. The molecule has 1 N–H and O–H groups in total. The third kappa shape index (κ3) is 3.51. The highest BCUT2D eigenvalue weighted by atomic mass is 79.9. The first-order chi connectivity index (χ1) is 9.01. The van der Waals surface area contributed by atoms with Crippen LogP contribution in [0.4, 0.5) is 0 Å². The number of methoxy groups -OCH3 is 1. The third-order valence-electron chi connectivity index (χ3n) is 3.25. The molecule has 1 rings (SSSR count). The van der Waals surface area contributed by atoms with Crippen LogP contribution in [0.1, 0.15) is 37.0 Å². The van der Waals surface area contributed by atoms with Gasteiger partial charge in [-0.1, -0.05) is 19.8 Å². The van der Waals surface area contributed by atoms with E-state index in [4.69, 9.17) is 11.2 Å². The number of carbonyl (C=O) groups excluding carboxylic acids is 1. The molecule has 0 aliphatic carbocycles. The normalized spacial score (nSPS) is 10.7. The van der Waals surface area contributed by atoms with E-state index in [0.29, 0.717) is 24.2 Å². The maximum Gasteiger partial charge on any atom is 0.252 e. The van der Waals surface area contributed by atoms with Gasteiger partial charge in [-0.2, -0.15) is 0 Å². The first kappa shape index (κ1) is 15.6. The molecule has 0 heterocycles. The SMILES string of the molecule is C#CC(CC)(CC)NC(=O)c1ccc(OC)c(Br)c1. The molecule has 1 aromatic carbocycles. The minimum Gasteiger partial charge on any atom is -0.496 e. The van der Waals surface area contributed by atoms with Gasteiger partial charge in [-0.25, -0.2) is 0 Å². The van der Waals surface area contributed by atoms with E-state index < -0.39 is 5.54 Å². The summed E-state index contributed by atoms with van der Waals surface area (Å²) in [4.78, 5) is 12.2. The van der Waals surface area contributed by atoms with Crippen molar-refractivity contribution in [3.8, 4) is 18.1 Å². The maximum absolute atomic E-state index is 12.2. The average molecular weight is 324 g/mol. The van der Waals surface area contributed by atoms with Gasteiger partial charge in [0.15, 0.2) is 0 Å². The van der Waals surface area contributed by atoms with Crippen LogP contribution < -0.4 is 10.1 Å². The van der Waals surface area contributed by atoms with Crippen molar-refractivity contribution in [1.82, 2.24) is 5.32 Å². The summed E-state index contributed by atoms with van der Waals surface area (Å²) in [7, 11) is 1.58. The highest BCUT2D eigenvalue weighted by molar-refractivity contribution is 9.10. The van der Waals surface area contributed by atoms with Crippen molar-refractivity contribution in [1.29, 1.82) is 0 Å². The lowest BCUT2D eigenvalue weighted by molar-refractivity contribution is 0.0916. The van der Waals surface area contributed by atoms with Gasteiger partial charge >= 0.3 is 0 Å². The molecule has 0 radical (unpaired) electrons. The van der Waals surface area contributed by atoms with Gasteiger partial charge in [-0.15, -0.1) is 6.42 Å². The number of nitrogens with one attached hydrogen (secondary N) is 1. The Labute approximate surface area is 122 Å². The number of carbonyl (C=O) groups is 1. The molecule has 19 heavy (non-hydrogen) atoms. The minimum atomic E-state index is -0.580. The Balaban J connectivity index is 2.96. The molecule has 1 aromatic rings. The van der Waals surface area contributed by atoms with Crippen molar-refractivity contribution in [3.05, 3.63) is 28.2 Å². The number of ether oxygens (including phenoxy) is 1. The van der Waals surface area contributed by atoms with Crippen molar-refractivity contribution >= 4 is 21.8 Å². The molecule has 0 spiro atoms. The summed E-state index contributed by atoms with van der Waals surface area (Å²) < 4.78 is 5.87. The third-order valence-corrected chi connectivity index (χ3v) is 3.87. The van der Waals surface area contributed by atoms with E-state index in [0.717, 1.165) is 4.47 Å². The number of hydrogen-bond donors (Lipinski definition) is 1. The standard InChI is InChI=1S/C15H18BrNO2/c1-5-15(6-2,7-3)17-14(18)11-8-9-13(19-4)12(16)10-11/h1,8-10H,6-7H2,2-4H3,(H,17,18). The molecule has 0 unspecified atom stereocenters. The van der Waals surface area contributed by atoms with E-state index in [1.165, 1.54) is 0 Å². The number of halogens is 1. The summed E-state index contributed by atoms with van der Waals surface area (Å²) in [6.45, 7) is 3.93. The number of hydrogen-bond acceptors (Lipinski definition) is 2. The Morgan fingerprint density at radius 3 is 2.53 bits per heavy atom. The number of rotatable bonds is 5. The zero-order chi connectivity index (χ0) is 14.5. The summed E-state index contributed by atoms with van der Waals surface area (Å²) in [6.07, 6.45) is 6.93. The van der Waals surface area contributed by atoms with Crippen LogP contribution in [0.2, 0.25) is 0 Å². The summed E-state index contributed by atoms with van der Waals surface area (Å²) >= 11 is 3.36. The molecule has 0 atom stereocenters. The average Bonchev–Trinajstić information content (AvgIpc) is 2.44. The molecule has 3 nitrogen and oxygen atoms in total. The Kier molecular flexibility index (Phi) is 5.44. The van der Waals surface area contributed by atoms with Crippen molar-refractivity contribution < 1.29 is 9.53 Å². The molecule has 102 valence electrons. The van der Waals surface area contributed by atoms with Gasteiger partial charge in [0.05, 0.1) is 11.6 Å². The summed E-state index contributed by atoms with van der Waals surface area (Å²) in [5, 5.41) is 2.92. The fourth-order valence-corrected chi connectivity index (χ4v) is 2.30. The summed E-state index contributed by atoms with van der Waals surface area (Å²) in [6, 6.07) is 5.18. The second-order valence-corrected chi connectivity index (χ2v) is 5.09.